The zero-order valence-electron chi connectivity index (χ0n) is 14.8. The molecule has 0 amide bonds. The molecular weight excluding hydrogens is 376 g/mol. The number of aromatic hydroxyl groups is 1. The van der Waals surface area contributed by atoms with E-state index in [1.54, 1.807) is 6.07 Å². The lowest BCUT2D eigenvalue weighted by atomic mass is 9.98. The predicted molar refractivity (Wildman–Crippen MR) is 106 cm³/mol. The fourth-order valence-corrected chi connectivity index (χ4v) is 3.72. The second kappa shape index (κ2) is 8.07. The largest absolute Gasteiger partial charge is 0.507 e. The zero-order valence-corrected chi connectivity index (χ0v) is 16.4. The number of rotatable bonds is 5. The van der Waals surface area contributed by atoms with Crippen LogP contribution in [0.1, 0.15) is 49.4 Å². The highest BCUT2D eigenvalue weighted by Crippen LogP contribution is 2.29. The Labute approximate surface area is 158 Å². The maximum Gasteiger partial charge on any atom is 0.159 e. The zero-order chi connectivity index (χ0) is 17.8. The van der Waals surface area contributed by atoms with Gasteiger partial charge in [0.05, 0.1) is 5.56 Å². The van der Waals surface area contributed by atoms with Crippen molar-refractivity contribution in [3.63, 3.8) is 0 Å². The molecule has 132 valence electrons. The molecule has 0 radical (unpaired) electrons. The Hall–Kier alpha value is -1.78. The highest BCUT2D eigenvalue weighted by molar-refractivity contribution is 9.10. The molecule has 2 aromatic rings. The molecule has 0 fully saturated rings. The number of halogens is 1. The van der Waals surface area contributed by atoms with Crippen molar-refractivity contribution >= 4 is 21.6 Å². The Kier molecular flexibility index (Phi) is 5.82. The molecule has 0 aliphatic carbocycles. The van der Waals surface area contributed by atoms with Gasteiger partial charge in [-0.05, 0) is 42.2 Å². The van der Waals surface area contributed by atoms with Gasteiger partial charge in [-0.1, -0.05) is 54.0 Å². The Balaban J connectivity index is 1.97. The fraction of sp³-hybridized carbons (Fsp3) is 0.333. The van der Waals surface area contributed by atoms with Gasteiger partial charge in [0.1, 0.15) is 11.8 Å². The summed E-state index contributed by atoms with van der Waals surface area (Å²) in [7, 11) is 0. The standard InChI is InChI=1S/C21H25BrN2O/c1-3-5-21-23-18(15-8-6-14(4-2)7-9-15)13-19(24-21)17-12-16(22)10-11-20(17)25/h6-13,19,21,23-25H,3-5H2,1-2H3/p+1. The number of phenolic OH excluding ortho intramolecular Hbond substituents is 1. The van der Waals surface area contributed by atoms with Crippen LogP contribution in [0.2, 0.25) is 0 Å². The highest BCUT2D eigenvalue weighted by Gasteiger charge is 2.27. The SMILES string of the molecule is CCCC1NC(c2ccc(CC)cc2)=CC(c2cc(Br)ccc2O)[NH2+]1. The van der Waals surface area contributed by atoms with Crippen molar-refractivity contribution in [2.24, 2.45) is 0 Å². The van der Waals surface area contributed by atoms with Gasteiger partial charge in [-0.2, -0.15) is 0 Å². The number of aryl methyl sites for hydroxylation is 1. The summed E-state index contributed by atoms with van der Waals surface area (Å²) in [6.07, 6.45) is 5.77. The Bertz CT molecular complexity index is 755. The number of benzene rings is 2. The first kappa shape index (κ1) is 18.0. The molecule has 2 unspecified atom stereocenters. The van der Waals surface area contributed by atoms with Crippen LogP contribution in [-0.4, -0.2) is 11.3 Å². The lowest BCUT2D eigenvalue weighted by Crippen LogP contribution is -2.94. The summed E-state index contributed by atoms with van der Waals surface area (Å²) in [6, 6.07) is 14.5. The summed E-state index contributed by atoms with van der Waals surface area (Å²) in [5.74, 6) is 0.346. The number of quaternary nitrogens is 1. The van der Waals surface area contributed by atoms with Crippen LogP contribution in [0, 0.1) is 0 Å². The van der Waals surface area contributed by atoms with Crippen molar-refractivity contribution in [1.29, 1.82) is 0 Å². The minimum Gasteiger partial charge on any atom is -0.507 e. The van der Waals surface area contributed by atoms with Crippen LogP contribution in [0.4, 0.5) is 0 Å². The molecule has 2 aromatic carbocycles. The summed E-state index contributed by atoms with van der Waals surface area (Å²) in [5.41, 5.74) is 4.64. The van der Waals surface area contributed by atoms with Gasteiger partial charge < -0.3 is 15.7 Å². The molecule has 4 N–H and O–H groups in total. The number of hydrogen-bond acceptors (Lipinski definition) is 2. The molecule has 0 saturated heterocycles. The Morgan fingerprint density at radius 3 is 2.56 bits per heavy atom. The van der Waals surface area contributed by atoms with Crippen molar-refractivity contribution in [3.8, 4) is 5.75 Å². The lowest BCUT2D eigenvalue weighted by molar-refractivity contribution is -0.724. The van der Waals surface area contributed by atoms with Gasteiger partial charge in [-0.15, -0.1) is 0 Å². The molecular formula is C21H26BrN2O+. The Morgan fingerprint density at radius 2 is 1.88 bits per heavy atom. The van der Waals surface area contributed by atoms with Gasteiger partial charge in [0.25, 0.3) is 0 Å². The van der Waals surface area contributed by atoms with Crippen LogP contribution in [0.15, 0.2) is 53.0 Å². The molecule has 4 heteroatoms. The molecule has 0 saturated carbocycles. The monoisotopic (exact) mass is 401 g/mol. The van der Waals surface area contributed by atoms with Gasteiger partial charge in [0, 0.05) is 22.7 Å². The predicted octanol–water partition coefficient (Wildman–Crippen LogP) is 4.09. The van der Waals surface area contributed by atoms with Crippen LogP contribution >= 0.6 is 15.9 Å². The summed E-state index contributed by atoms with van der Waals surface area (Å²) in [6.45, 7) is 4.38. The molecule has 1 aliphatic rings. The summed E-state index contributed by atoms with van der Waals surface area (Å²) < 4.78 is 0.988. The molecule has 1 aliphatic heterocycles. The first-order chi connectivity index (χ1) is 12.1. The maximum absolute atomic E-state index is 10.3. The second-order valence-electron chi connectivity index (χ2n) is 6.59. The molecule has 3 rings (SSSR count). The molecule has 0 spiro atoms. The van der Waals surface area contributed by atoms with Crippen LogP contribution in [0.25, 0.3) is 5.70 Å². The Morgan fingerprint density at radius 1 is 1.12 bits per heavy atom. The van der Waals surface area contributed by atoms with Gasteiger partial charge in [-0.25, -0.2) is 0 Å². The van der Waals surface area contributed by atoms with E-state index in [0.29, 0.717) is 11.9 Å². The first-order valence-electron chi connectivity index (χ1n) is 9.01. The van der Waals surface area contributed by atoms with Crippen molar-refractivity contribution in [2.75, 3.05) is 0 Å². The van der Waals surface area contributed by atoms with E-state index in [1.807, 2.05) is 12.1 Å². The third-order valence-electron chi connectivity index (χ3n) is 4.75. The molecule has 25 heavy (non-hydrogen) atoms. The minimum atomic E-state index is 0.0937. The first-order valence-corrected chi connectivity index (χ1v) is 9.81. The minimum absolute atomic E-state index is 0.0937. The maximum atomic E-state index is 10.3. The van der Waals surface area contributed by atoms with Crippen molar-refractivity contribution in [2.45, 2.75) is 45.3 Å². The number of nitrogens with one attached hydrogen (secondary N) is 1. The van der Waals surface area contributed by atoms with Crippen LogP contribution < -0.4 is 10.6 Å². The average Bonchev–Trinajstić information content (AvgIpc) is 2.64. The van der Waals surface area contributed by atoms with E-state index in [0.717, 1.165) is 35.0 Å². The topological polar surface area (TPSA) is 48.9 Å². The smallest absolute Gasteiger partial charge is 0.159 e. The van der Waals surface area contributed by atoms with Crippen molar-refractivity contribution in [3.05, 3.63) is 69.7 Å². The molecule has 0 bridgehead atoms. The van der Waals surface area contributed by atoms with Crippen molar-refractivity contribution < 1.29 is 10.4 Å². The number of nitrogens with two attached hydrogens (primary N) is 1. The van der Waals surface area contributed by atoms with Crippen LogP contribution in [-0.2, 0) is 6.42 Å². The lowest BCUT2D eigenvalue weighted by Gasteiger charge is -2.29. The van der Waals surface area contributed by atoms with E-state index in [9.17, 15) is 5.11 Å². The van der Waals surface area contributed by atoms with E-state index in [4.69, 9.17) is 0 Å². The average molecular weight is 402 g/mol. The van der Waals surface area contributed by atoms with E-state index in [2.05, 4.69) is 70.8 Å². The van der Waals surface area contributed by atoms with Crippen LogP contribution in [0.5, 0.6) is 5.75 Å². The highest BCUT2D eigenvalue weighted by atomic mass is 79.9. The third kappa shape index (κ3) is 4.25. The van der Waals surface area contributed by atoms with E-state index in [-0.39, 0.29) is 6.04 Å². The van der Waals surface area contributed by atoms with Gasteiger partial charge >= 0.3 is 0 Å². The second-order valence-corrected chi connectivity index (χ2v) is 7.51. The summed E-state index contributed by atoms with van der Waals surface area (Å²) in [4.78, 5) is 0. The quantitative estimate of drug-likeness (QED) is 0.706. The molecule has 0 aromatic heterocycles. The van der Waals surface area contributed by atoms with Gasteiger partial charge in [0.15, 0.2) is 6.17 Å². The van der Waals surface area contributed by atoms with E-state index in [1.165, 1.54) is 11.1 Å². The van der Waals surface area contributed by atoms with E-state index < -0.39 is 0 Å². The van der Waals surface area contributed by atoms with Crippen molar-refractivity contribution in [1.82, 2.24) is 5.32 Å². The van der Waals surface area contributed by atoms with E-state index >= 15 is 0 Å². The summed E-state index contributed by atoms with van der Waals surface area (Å²) in [5, 5.41) is 16.3. The van der Waals surface area contributed by atoms with Gasteiger partial charge in [-0.3, -0.25) is 0 Å². The van der Waals surface area contributed by atoms with Gasteiger partial charge in [0.2, 0.25) is 0 Å². The number of phenols is 1. The van der Waals surface area contributed by atoms with Crippen LogP contribution in [0.3, 0.4) is 0 Å². The number of hydrogen-bond donors (Lipinski definition) is 3. The third-order valence-corrected chi connectivity index (χ3v) is 5.24. The molecule has 3 nitrogen and oxygen atoms in total. The molecule has 1 heterocycles. The molecule has 2 atom stereocenters. The fourth-order valence-electron chi connectivity index (χ4n) is 3.35. The summed E-state index contributed by atoms with van der Waals surface area (Å²) >= 11 is 3.52. The normalized spacial score (nSPS) is 20.0.